The second kappa shape index (κ2) is 6.59. The van der Waals surface area contributed by atoms with Crippen LogP contribution in [0.1, 0.15) is 5.56 Å². The first-order valence-electron chi connectivity index (χ1n) is 8.48. The number of nitrogens with zero attached hydrogens (tertiary/aromatic N) is 2. The summed E-state index contributed by atoms with van der Waals surface area (Å²) in [4.78, 5) is 0. The molecule has 0 aliphatic rings. The van der Waals surface area contributed by atoms with Gasteiger partial charge in [-0.05, 0) is 31.2 Å². The van der Waals surface area contributed by atoms with Crippen molar-refractivity contribution in [1.82, 2.24) is 4.57 Å². The first-order valence-corrected chi connectivity index (χ1v) is 10.5. The van der Waals surface area contributed by atoms with Gasteiger partial charge < -0.3 is 0 Å². The summed E-state index contributed by atoms with van der Waals surface area (Å²) in [5.74, 6) is 0. The van der Waals surface area contributed by atoms with Crippen molar-refractivity contribution in [3.63, 3.8) is 0 Å². The van der Waals surface area contributed by atoms with Crippen molar-refractivity contribution in [3.8, 4) is 16.9 Å². The van der Waals surface area contributed by atoms with Crippen LogP contribution in [0.15, 0.2) is 85.3 Å². The maximum atomic E-state index is 9.87. The van der Waals surface area contributed by atoms with Gasteiger partial charge in [-0.3, -0.25) is 0 Å². The molecule has 0 aliphatic carbocycles. The third-order valence-corrected chi connectivity index (χ3v) is 3.97. The number of fused-ring (bicyclic) bond motifs is 1. The molecule has 0 spiro atoms. The summed E-state index contributed by atoms with van der Waals surface area (Å²) in [5.41, 5.74) is 6.08. The summed E-state index contributed by atoms with van der Waals surface area (Å²) < 4.78 is 63.6. The molecular formula is C20H17F6N2P. The predicted molar refractivity (Wildman–Crippen MR) is 103 cm³/mol. The molecule has 0 aliphatic heterocycles. The van der Waals surface area contributed by atoms with Gasteiger partial charge in [0.1, 0.15) is 5.69 Å². The standard InChI is InChI=1S/C20H17N2.F6P/c1-16-10-12-18(13-11-16)22-15-21-14-6-5-9-19(21)20(22)17-7-3-2-4-8-17;1-7(2,3,4,5)6/h2-15H,1H3;/q+1;-1. The molecular weight excluding hydrogens is 413 g/mol. The number of pyridine rings is 1. The second-order valence-electron chi connectivity index (χ2n) is 6.49. The van der Waals surface area contributed by atoms with E-state index in [1.54, 1.807) is 0 Å². The second-order valence-corrected chi connectivity index (χ2v) is 8.40. The molecule has 0 N–H and O–H groups in total. The van der Waals surface area contributed by atoms with Crippen molar-refractivity contribution in [3.05, 3.63) is 90.9 Å². The number of aromatic nitrogens is 2. The van der Waals surface area contributed by atoms with E-state index in [1.165, 1.54) is 28.0 Å². The minimum atomic E-state index is -10.7. The topological polar surface area (TPSA) is 9.03 Å². The SMILES string of the molecule is Cc1ccc(-n2c[n+]3ccccc3c2-c2ccccc2)cc1.F[P-](F)(F)(F)(F)F. The Morgan fingerprint density at radius 1 is 0.724 bits per heavy atom. The Morgan fingerprint density at radius 2 is 1.28 bits per heavy atom. The number of hydrogen-bond donors (Lipinski definition) is 0. The molecule has 154 valence electrons. The van der Waals surface area contributed by atoms with E-state index in [0.29, 0.717) is 0 Å². The number of aryl methyl sites for hydroxylation is 1. The van der Waals surface area contributed by atoms with Gasteiger partial charge in [0.15, 0.2) is 11.2 Å². The molecule has 0 radical (unpaired) electrons. The van der Waals surface area contributed by atoms with Crippen LogP contribution in [0.4, 0.5) is 25.2 Å². The Bertz CT molecular complexity index is 1120. The number of halogens is 6. The van der Waals surface area contributed by atoms with E-state index in [4.69, 9.17) is 0 Å². The fourth-order valence-electron chi connectivity index (χ4n) is 2.85. The zero-order valence-electron chi connectivity index (χ0n) is 15.2. The monoisotopic (exact) mass is 430 g/mol. The average molecular weight is 430 g/mol. The van der Waals surface area contributed by atoms with Crippen LogP contribution in [-0.2, 0) is 0 Å². The Hall–Kier alpha value is -2.86. The Morgan fingerprint density at radius 3 is 1.86 bits per heavy atom. The summed E-state index contributed by atoms with van der Waals surface area (Å²) in [5, 5.41) is 0. The Balaban J connectivity index is 0.000000298. The van der Waals surface area contributed by atoms with E-state index in [1.807, 2.05) is 0 Å². The van der Waals surface area contributed by atoms with E-state index < -0.39 is 7.81 Å². The zero-order valence-corrected chi connectivity index (χ0v) is 16.1. The maximum absolute atomic E-state index is 10.7. The molecule has 0 fully saturated rings. The molecule has 2 heterocycles. The van der Waals surface area contributed by atoms with Gasteiger partial charge in [0.05, 0.1) is 6.20 Å². The number of hydrogen-bond acceptors (Lipinski definition) is 0. The van der Waals surface area contributed by atoms with Crippen LogP contribution >= 0.6 is 7.81 Å². The minimum absolute atomic E-state index is 1.17. The van der Waals surface area contributed by atoms with Crippen LogP contribution in [0, 0.1) is 6.92 Å². The van der Waals surface area contributed by atoms with E-state index in [9.17, 15) is 25.2 Å². The van der Waals surface area contributed by atoms with Gasteiger partial charge in [-0.25, -0.2) is 4.40 Å². The molecule has 4 rings (SSSR count). The summed E-state index contributed by atoms with van der Waals surface area (Å²) in [6.45, 7) is 2.11. The molecule has 0 saturated heterocycles. The normalized spacial score (nSPS) is 13.9. The van der Waals surface area contributed by atoms with Crippen molar-refractivity contribution in [1.29, 1.82) is 0 Å². The van der Waals surface area contributed by atoms with E-state index in [2.05, 4.69) is 101 Å². The predicted octanol–water partition coefficient (Wildman–Crippen LogP) is 7.57. The van der Waals surface area contributed by atoms with Crippen molar-refractivity contribution in [2.75, 3.05) is 0 Å². The van der Waals surface area contributed by atoms with Crippen molar-refractivity contribution in [2.24, 2.45) is 0 Å². The number of benzene rings is 2. The summed E-state index contributed by atoms with van der Waals surface area (Å²) in [6.07, 6.45) is 4.23. The molecule has 29 heavy (non-hydrogen) atoms. The molecule has 0 unspecified atom stereocenters. The summed E-state index contributed by atoms with van der Waals surface area (Å²) in [6, 6.07) is 25.5. The molecule has 2 aromatic heterocycles. The van der Waals surface area contributed by atoms with Crippen LogP contribution in [0.2, 0.25) is 0 Å². The van der Waals surface area contributed by atoms with Crippen molar-refractivity contribution in [2.45, 2.75) is 6.92 Å². The van der Waals surface area contributed by atoms with Gasteiger partial charge in [0, 0.05) is 5.56 Å². The quantitative estimate of drug-likeness (QED) is 0.176. The molecule has 9 heteroatoms. The summed E-state index contributed by atoms with van der Waals surface area (Å²) in [7, 11) is -10.7. The number of rotatable bonds is 2. The molecule has 4 aromatic rings. The Kier molecular flexibility index (Phi) is 4.74. The number of imidazole rings is 1. The fraction of sp³-hybridized carbons (Fsp3) is 0.0500. The molecule has 0 bridgehead atoms. The van der Waals surface area contributed by atoms with Crippen LogP contribution in [0.25, 0.3) is 22.5 Å². The van der Waals surface area contributed by atoms with Crippen LogP contribution < -0.4 is 4.40 Å². The van der Waals surface area contributed by atoms with E-state index in [0.717, 1.165) is 0 Å². The first kappa shape index (κ1) is 20.9. The van der Waals surface area contributed by atoms with Crippen LogP contribution in [-0.4, -0.2) is 4.57 Å². The van der Waals surface area contributed by atoms with Gasteiger partial charge in [0.2, 0.25) is 0 Å². The third-order valence-electron chi connectivity index (χ3n) is 3.97. The van der Waals surface area contributed by atoms with Crippen molar-refractivity contribution < 1.29 is 29.6 Å². The van der Waals surface area contributed by atoms with Gasteiger partial charge in [-0.1, -0.05) is 54.1 Å². The molecule has 0 amide bonds. The molecule has 0 atom stereocenters. The van der Waals surface area contributed by atoms with Gasteiger partial charge in [-0.2, -0.15) is 4.57 Å². The Labute approximate surface area is 162 Å². The van der Waals surface area contributed by atoms with Gasteiger partial charge in [0.25, 0.3) is 6.33 Å². The van der Waals surface area contributed by atoms with Gasteiger partial charge >= 0.3 is 33.0 Å². The van der Waals surface area contributed by atoms with Crippen LogP contribution in [0.3, 0.4) is 0 Å². The van der Waals surface area contributed by atoms with Gasteiger partial charge in [-0.15, -0.1) is 0 Å². The van der Waals surface area contributed by atoms with Crippen molar-refractivity contribution >= 4 is 13.3 Å². The fourth-order valence-corrected chi connectivity index (χ4v) is 2.85. The summed E-state index contributed by atoms with van der Waals surface area (Å²) >= 11 is 0. The van der Waals surface area contributed by atoms with E-state index >= 15 is 0 Å². The average Bonchev–Trinajstić information content (AvgIpc) is 3.00. The first-order chi connectivity index (χ1) is 13.3. The van der Waals surface area contributed by atoms with Crippen LogP contribution in [0.5, 0.6) is 0 Å². The molecule has 2 nitrogen and oxygen atoms in total. The molecule has 2 aromatic carbocycles. The third kappa shape index (κ3) is 6.32. The zero-order chi connectivity index (χ0) is 21.3. The van der Waals surface area contributed by atoms with E-state index in [-0.39, 0.29) is 0 Å². The molecule has 0 saturated carbocycles.